The first-order valence-electron chi connectivity index (χ1n) is 8.37. The lowest BCUT2D eigenvalue weighted by Gasteiger charge is -2.11. The van der Waals surface area contributed by atoms with Crippen molar-refractivity contribution in [2.45, 2.75) is 20.4 Å². The van der Waals surface area contributed by atoms with Gasteiger partial charge in [0.25, 0.3) is 0 Å². The van der Waals surface area contributed by atoms with E-state index in [0.29, 0.717) is 11.7 Å². The number of nitrogens with zero attached hydrogens (tertiary/aromatic N) is 2. The number of aryl methyl sites for hydroxylation is 1. The van der Waals surface area contributed by atoms with E-state index in [1.54, 1.807) is 7.11 Å². The normalized spacial score (nSPS) is 10.4. The molecule has 26 heavy (non-hydrogen) atoms. The number of nitrogens with one attached hydrogen (secondary N) is 2. The predicted molar refractivity (Wildman–Crippen MR) is 110 cm³/mol. The minimum Gasteiger partial charge on any atom is -0.497 e. The summed E-state index contributed by atoms with van der Waals surface area (Å²) in [5.41, 5.74) is 4.95. The minimum atomic E-state index is 0.545. The molecule has 1 heterocycles. The summed E-state index contributed by atoms with van der Waals surface area (Å²) in [6.07, 6.45) is 0. The summed E-state index contributed by atoms with van der Waals surface area (Å²) in [4.78, 5) is 0. The van der Waals surface area contributed by atoms with Gasteiger partial charge in [-0.2, -0.15) is 5.10 Å². The van der Waals surface area contributed by atoms with Crippen molar-refractivity contribution in [1.82, 2.24) is 9.78 Å². The number of thiocarbonyl (C=S) groups is 1. The van der Waals surface area contributed by atoms with Crippen LogP contribution in [0.4, 0.5) is 11.4 Å². The smallest absolute Gasteiger partial charge is 0.175 e. The molecule has 2 aromatic carbocycles. The van der Waals surface area contributed by atoms with Crippen LogP contribution in [-0.2, 0) is 6.54 Å². The van der Waals surface area contributed by atoms with Gasteiger partial charge in [-0.3, -0.25) is 4.68 Å². The van der Waals surface area contributed by atoms with Crippen molar-refractivity contribution in [3.8, 4) is 5.75 Å². The van der Waals surface area contributed by atoms with Crippen molar-refractivity contribution in [3.63, 3.8) is 0 Å². The highest BCUT2D eigenvalue weighted by Crippen LogP contribution is 2.22. The Hall–Kier alpha value is -2.86. The number of rotatable bonds is 5. The molecule has 3 rings (SSSR count). The molecule has 3 aromatic rings. The fourth-order valence-corrected chi connectivity index (χ4v) is 2.99. The van der Waals surface area contributed by atoms with E-state index in [1.165, 1.54) is 0 Å². The molecule has 0 aliphatic heterocycles. The van der Waals surface area contributed by atoms with E-state index in [2.05, 4.69) is 21.8 Å². The quantitative estimate of drug-likeness (QED) is 0.657. The SMILES string of the molecule is COc1cccc(Cn2nc(C)c(NC(=S)Nc3ccccc3)c2C)c1. The molecule has 0 bridgehead atoms. The maximum atomic E-state index is 5.43. The predicted octanol–water partition coefficient (Wildman–Crippen LogP) is 4.37. The van der Waals surface area contributed by atoms with Gasteiger partial charge in [0.05, 0.1) is 30.7 Å². The van der Waals surface area contributed by atoms with Crippen molar-refractivity contribution in [3.05, 3.63) is 71.5 Å². The second kappa shape index (κ2) is 8.01. The number of anilines is 2. The Kier molecular flexibility index (Phi) is 5.53. The van der Waals surface area contributed by atoms with Crippen molar-refractivity contribution in [2.24, 2.45) is 0 Å². The van der Waals surface area contributed by atoms with Crippen molar-refractivity contribution < 1.29 is 4.74 Å². The number of methoxy groups -OCH3 is 1. The molecule has 1 aromatic heterocycles. The Morgan fingerprint density at radius 2 is 1.85 bits per heavy atom. The summed E-state index contributed by atoms with van der Waals surface area (Å²) >= 11 is 5.43. The van der Waals surface area contributed by atoms with Gasteiger partial charge in [0.2, 0.25) is 0 Å². The number of hydrogen-bond acceptors (Lipinski definition) is 3. The molecule has 0 atom stereocenters. The van der Waals surface area contributed by atoms with Crippen LogP contribution < -0.4 is 15.4 Å². The second-order valence-electron chi connectivity index (χ2n) is 6.00. The van der Waals surface area contributed by atoms with E-state index in [0.717, 1.165) is 34.1 Å². The first kappa shape index (κ1) is 17.9. The Morgan fingerprint density at radius 1 is 1.08 bits per heavy atom. The molecule has 134 valence electrons. The molecule has 2 N–H and O–H groups in total. The van der Waals surface area contributed by atoms with Crippen molar-refractivity contribution >= 4 is 28.7 Å². The highest BCUT2D eigenvalue weighted by Gasteiger charge is 2.13. The summed E-state index contributed by atoms with van der Waals surface area (Å²) in [5, 5.41) is 11.6. The Bertz CT molecular complexity index is 905. The molecule has 0 amide bonds. The highest BCUT2D eigenvalue weighted by atomic mass is 32.1. The van der Waals surface area contributed by atoms with E-state index in [9.17, 15) is 0 Å². The highest BCUT2D eigenvalue weighted by molar-refractivity contribution is 7.80. The first-order chi connectivity index (χ1) is 12.6. The molecule has 0 saturated carbocycles. The van der Waals surface area contributed by atoms with Gasteiger partial charge in [-0.25, -0.2) is 0 Å². The lowest BCUT2D eigenvalue weighted by molar-refractivity contribution is 0.414. The number of aromatic nitrogens is 2. The van der Waals surface area contributed by atoms with E-state index >= 15 is 0 Å². The summed E-state index contributed by atoms with van der Waals surface area (Å²) < 4.78 is 7.26. The van der Waals surface area contributed by atoms with E-state index < -0.39 is 0 Å². The number of ether oxygens (including phenoxy) is 1. The molecule has 0 saturated heterocycles. The van der Waals surface area contributed by atoms with Crippen LogP contribution in [0, 0.1) is 13.8 Å². The van der Waals surface area contributed by atoms with Gasteiger partial charge in [-0.1, -0.05) is 30.3 Å². The van der Waals surface area contributed by atoms with Crippen LogP contribution in [-0.4, -0.2) is 22.0 Å². The van der Waals surface area contributed by atoms with Crippen molar-refractivity contribution in [2.75, 3.05) is 17.7 Å². The van der Waals surface area contributed by atoms with E-state index in [4.69, 9.17) is 17.0 Å². The molecule has 0 radical (unpaired) electrons. The maximum absolute atomic E-state index is 5.43. The zero-order chi connectivity index (χ0) is 18.5. The largest absolute Gasteiger partial charge is 0.497 e. The van der Waals surface area contributed by atoms with Crippen molar-refractivity contribution in [1.29, 1.82) is 0 Å². The fraction of sp³-hybridized carbons (Fsp3) is 0.200. The average Bonchev–Trinajstić information content (AvgIpc) is 2.90. The molecule has 6 heteroatoms. The van der Waals surface area contributed by atoms with Crippen LogP contribution in [0.1, 0.15) is 17.0 Å². The molecule has 0 unspecified atom stereocenters. The van der Waals surface area contributed by atoms with Gasteiger partial charge in [0.15, 0.2) is 5.11 Å². The number of para-hydroxylation sites is 1. The lowest BCUT2D eigenvalue weighted by Crippen LogP contribution is -2.19. The first-order valence-corrected chi connectivity index (χ1v) is 8.77. The van der Waals surface area contributed by atoms with Crippen LogP contribution in [0.3, 0.4) is 0 Å². The third kappa shape index (κ3) is 4.21. The molecule has 0 spiro atoms. The summed E-state index contributed by atoms with van der Waals surface area (Å²) in [7, 11) is 1.67. The van der Waals surface area contributed by atoms with Gasteiger partial charge in [-0.05, 0) is 55.9 Å². The van der Waals surface area contributed by atoms with Crippen LogP contribution in [0.5, 0.6) is 5.75 Å². The van der Waals surface area contributed by atoms with Crippen LogP contribution in [0.25, 0.3) is 0 Å². The molecular formula is C20H22N4OS. The van der Waals surface area contributed by atoms with Gasteiger partial charge in [-0.15, -0.1) is 0 Å². The van der Waals surface area contributed by atoms with Crippen LogP contribution in [0.2, 0.25) is 0 Å². The molecule has 0 fully saturated rings. The average molecular weight is 366 g/mol. The van der Waals surface area contributed by atoms with Crippen LogP contribution >= 0.6 is 12.2 Å². The van der Waals surface area contributed by atoms with Gasteiger partial charge >= 0.3 is 0 Å². The monoisotopic (exact) mass is 366 g/mol. The summed E-state index contributed by atoms with van der Waals surface area (Å²) in [6, 6.07) is 17.8. The third-order valence-corrected chi connectivity index (χ3v) is 4.32. The number of hydrogen-bond donors (Lipinski definition) is 2. The molecule has 0 aliphatic carbocycles. The molecule has 0 aliphatic rings. The van der Waals surface area contributed by atoms with E-state index in [-0.39, 0.29) is 0 Å². The van der Waals surface area contributed by atoms with Gasteiger partial charge in [0, 0.05) is 5.69 Å². The van der Waals surface area contributed by atoms with Crippen LogP contribution in [0.15, 0.2) is 54.6 Å². The minimum absolute atomic E-state index is 0.545. The van der Waals surface area contributed by atoms with E-state index in [1.807, 2.05) is 67.1 Å². The topological polar surface area (TPSA) is 51.1 Å². The molecule has 5 nitrogen and oxygen atoms in total. The zero-order valence-electron chi connectivity index (χ0n) is 15.1. The van der Waals surface area contributed by atoms with Gasteiger partial charge in [0.1, 0.15) is 5.75 Å². The Balaban J connectivity index is 1.74. The fourth-order valence-electron chi connectivity index (χ4n) is 2.77. The maximum Gasteiger partial charge on any atom is 0.175 e. The third-order valence-electron chi connectivity index (χ3n) is 4.12. The summed E-state index contributed by atoms with van der Waals surface area (Å²) in [6.45, 7) is 4.68. The molecular weight excluding hydrogens is 344 g/mol. The number of benzene rings is 2. The van der Waals surface area contributed by atoms with Gasteiger partial charge < -0.3 is 15.4 Å². The zero-order valence-corrected chi connectivity index (χ0v) is 15.9. The standard InChI is InChI=1S/C20H22N4OS/c1-14-19(22-20(26)21-17-9-5-4-6-10-17)15(2)24(23-14)13-16-8-7-11-18(12-16)25-3/h4-12H,13H2,1-3H3,(H2,21,22,26). The lowest BCUT2D eigenvalue weighted by atomic mass is 10.2. The summed E-state index contributed by atoms with van der Waals surface area (Å²) in [5.74, 6) is 0.843. The second-order valence-corrected chi connectivity index (χ2v) is 6.41. The Morgan fingerprint density at radius 3 is 2.58 bits per heavy atom. The Labute approximate surface area is 159 Å².